The van der Waals surface area contributed by atoms with Gasteiger partial charge in [0.1, 0.15) is 29.1 Å². The molecule has 0 aliphatic heterocycles. The van der Waals surface area contributed by atoms with Crippen LogP contribution >= 0.6 is 0 Å². The first-order valence-corrected chi connectivity index (χ1v) is 17.4. The maximum absolute atomic E-state index is 13.0. The third-order valence-corrected chi connectivity index (χ3v) is 8.61. The number of aryl methyl sites for hydroxylation is 1. The van der Waals surface area contributed by atoms with E-state index in [1.807, 2.05) is 69.6 Å². The van der Waals surface area contributed by atoms with Crippen molar-refractivity contribution >= 4 is 61.5 Å². The molecule has 9 N–H and O–H groups in total. The molecule has 0 spiro atoms. The number of pyridine rings is 1. The fourth-order valence-corrected chi connectivity index (χ4v) is 6.27. The van der Waals surface area contributed by atoms with Crippen molar-refractivity contribution in [3.05, 3.63) is 125 Å². The van der Waals surface area contributed by atoms with Crippen molar-refractivity contribution in [2.45, 2.75) is 39.8 Å². The summed E-state index contributed by atoms with van der Waals surface area (Å²) in [6.07, 6.45) is 4.92. The number of aromatic amines is 2. The molecule has 0 saturated heterocycles. The van der Waals surface area contributed by atoms with Gasteiger partial charge in [-0.3, -0.25) is 24.9 Å². The highest BCUT2D eigenvalue weighted by Gasteiger charge is 2.18. The van der Waals surface area contributed by atoms with Crippen LogP contribution in [0.3, 0.4) is 0 Å². The zero-order chi connectivity index (χ0) is 38.5. The van der Waals surface area contributed by atoms with E-state index in [9.17, 15) is 4.79 Å². The fourth-order valence-electron chi connectivity index (χ4n) is 6.27. The summed E-state index contributed by atoms with van der Waals surface area (Å²) >= 11 is 0. The molecule has 0 atom stereocenters. The Labute approximate surface area is 310 Å². The standard InChI is InChI=1S/C20H21N5O.C17H16N8.C2H7N/c1-4-11-23-16-8-6-5-7-15(16)22-19(23)13-24-18-12-21-10-9-17(18)25(14(2)3)20(24)26;18-16(19)8-1-3-10-12(5-8)24-14(22-10)7-15-23-11-4-2-9(17(20)21)6-13(11)25-15;1-3-2/h5-10,12H,2,4,11,13H2,1,3H3;1-6H,7H2,(H3,18,19)(H3,20,21)(H,22,24)(H,23,25);3H,1-2H3. The molecule has 3 aromatic carbocycles. The number of rotatable bonds is 9. The van der Waals surface area contributed by atoms with Crippen molar-refractivity contribution in [2.75, 3.05) is 14.1 Å². The summed E-state index contributed by atoms with van der Waals surface area (Å²) < 4.78 is 5.55. The van der Waals surface area contributed by atoms with E-state index >= 15 is 0 Å². The Morgan fingerprint density at radius 2 is 1.41 bits per heavy atom. The molecule has 0 fully saturated rings. The molecule has 0 radical (unpaired) electrons. The first-order valence-electron chi connectivity index (χ1n) is 17.4. The number of nitrogens with zero attached hydrogens (tertiary/aromatic N) is 7. The van der Waals surface area contributed by atoms with Crippen molar-refractivity contribution < 1.29 is 0 Å². The first-order chi connectivity index (χ1) is 26.0. The molecular weight excluding hydrogens is 681 g/mol. The van der Waals surface area contributed by atoms with Crippen LogP contribution < -0.4 is 22.5 Å². The topological polar surface area (TPSA) is 227 Å². The normalized spacial score (nSPS) is 11.0. The van der Waals surface area contributed by atoms with Crippen molar-refractivity contribution in [1.82, 2.24) is 48.9 Å². The Morgan fingerprint density at radius 1 is 0.815 bits per heavy atom. The summed E-state index contributed by atoms with van der Waals surface area (Å²) in [4.78, 5) is 37.6. The number of nitrogens with one attached hydrogen (secondary N) is 5. The lowest BCUT2D eigenvalue weighted by Crippen LogP contribution is -2.25. The lowest BCUT2D eigenvalue weighted by Gasteiger charge is -2.08. The van der Waals surface area contributed by atoms with Crippen molar-refractivity contribution in [1.29, 1.82) is 10.8 Å². The number of allylic oxidation sites excluding steroid dienone is 1. The lowest BCUT2D eigenvalue weighted by molar-refractivity contribution is 0.621. The van der Waals surface area contributed by atoms with Gasteiger partial charge in [0, 0.05) is 29.6 Å². The van der Waals surface area contributed by atoms with Crippen LogP contribution in [0.15, 0.2) is 90.5 Å². The highest BCUT2D eigenvalue weighted by molar-refractivity contribution is 5.98. The van der Waals surface area contributed by atoms with Crippen molar-refractivity contribution in [3.63, 3.8) is 0 Å². The molecule has 5 heterocycles. The van der Waals surface area contributed by atoms with Gasteiger partial charge in [0.2, 0.25) is 0 Å². The second-order valence-corrected chi connectivity index (χ2v) is 12.8. The maximum atomic E-state index is 13.0. The average molecular weight is 725 g/mol. The lowest BCUT2D eigenvalue weighted by atomic mass is 10.2. The minimum absolute atomic E-state index is 0.0246. The number of nitrogen functional groups attached to an aromatic ring is 2. The molecule has 8 aromatic rings. The van der Waals surface area contributed by atoms with Crippen LogP contribution in [0.1, 0.15) is 48.9 Å². The molecule has 54 heavy (non-hydrogen) atoms. The molecule has 0 saturated carbocycles. The Bertz CT molecular complexity index is 2610. The van der Waals surface area contributed by atoms with E-state index in [2.05, 4.69) is 54.4 Å². The van der Waals surface area contributed by atoms with E-state index in [1.165, 1.54) is 0 Å². The number of imidazole rings is 4. The molecule has 0 aliphatic carbocycles. The molecule has 15 nitrogen and oxygen atoms in total. The summed E-state index contributed by atoms with van der Waals surface area (Å²) in [5.41, 5.74) is 19.9. The van der Waals surface area contributed by atoms with Gasteiger partial charge >= 0.3 is 5.69 Å². The van der Waals surface area contributed by atoms with Crippen LogP contribution in [0.4, 0.5) is 0 Å². The van der Waals surface area contributed by atoms with Gasteiger partial charge in [-0.05, 0) is 82.0 Å². The summed E-state index contributed by atoms with van der Waals surface area (Å²) in [6, 6.07) is 20.8. The number of hydrogen-bond acceptors (Lipinski definition) is 8. The Morgan fingerprint density at radius 3 is 1.96 bits per heavy atom. The highest BCUT2D eigenvalue weighted by Crippen LogP contribution is 2.21. The monoisotopic (exact) mass is 724 g/mol. The van der Waals surface area contributed by atoms with Crippen LogP contribution in [0.5, 0.6) is 0 Å². The van der Waals surface area contributed by atoms with Gasteiger partial charge in [0.25, 0.3) is 0 Å². The number of amidine groups is 2. The smallest absolute Gasteiger partial charge is 0.333 e. The van der Waals surface area contributed by atoms with Crippen LogP contribution in [0.2, 0.25) is 0 Å². The van der Waals surface area contributed by atoms with Gasteiger partial charge in [-0.2, -0.15) is 0 Å². The molecule has 8 rings (SSSR count). The van der Waals surface area contributed by atoms with Gasteiger partial charge in [-0.15, -0.1) is 0 Å². The van der Waals surface area contributed by atoms with Gasteiger partial charge in [0.15, 0.2) is 0 Å². The van der Waals surface area contributed by atoms with Crippen molar-refractivity contribution in [3.8, 4) is 0 Å². The van der Waals surface area contributed by atoms with E-state index in [0.29, 0.717) is 29.8 Å². The molecule has 0 amide bonds. The number of para-hydroxylation sites is 2. The molecule has 0 unspecified atom stereocenters. The van der Waals surface area contributed by atoms with Crippen LogP contribution in [-0.4, -0.2) is 69.4 Å². The second kappa shape index (κ2) is 15.8. The zero-order valence-electron chi connectivity index (χ0n) is 30.7. The maximum Gasteiger partial charge on any atom is 0.333 e. The number of hydrogen-bond donors (Lipinski definition) is 7. The average Bonchev–Trinajstić information content (AvgIpc) is 3.90. The summed E-state index contributed by atoms with van der Waals surface area (Å²) in [7, 11) is 3.75. The Balaban J connectivity index is 0.000000172. The second-order valence-electron chi connectivity index (χ2n) is 12.8. The van der Waals surface area contributed by atoms with Crippen LogP contribution in [0.25, 0.3) is 49.8 Å². The minimum atomic E-state index is -0.115. The van der Waals surface area contributed by atoms with Crippen molar-refractivity contribution in [2.24, 2.45) is 11.5 Å². The number of aromatic nitrogens is 9. The summed E-state index contributed by atoms with van der Waals surface area (Å²) in [5.74, 6) is 2.45. The molecule has 0 bridgehead atoms. The number of fused-ring (bicyclic) bond motifs is 4. The summed E-state index contributed by atoms with van der Waals surface area (Å²) in [5, 5.41) is 17.8. The quantitative estimate of drug-likeness (QED) is 0.0796. The first kappa shape index (κ1) is 36.9. The third kappa shape index (κ3) is 7.52. The summed E-state index contributed by atoms with van der Waals surface area (Å²) in [6.45, 7) is 9.18. The largest absolute Gasteiger partial charge is 0.384 e. The number of H-pyrrole nitrogens is 2. The molecule has 5 aromatic heterocycles. The highest BCUT2D eigenvalue weighted by atomic mass is 16.1. The van der Waals surface area contributed by atoms with E-state index in [0.717, 1.165) is 74.6 Å². The van der Waals surface area contributed by atoms with Gasteiger partial charge in [-0.1, -0.05) is 25.6 Å². The molecular formula is C39H44N14O. The zero-order valence-corrected chi connectivity index (χ0v) is 30.7. The van der Waals surface area contributed by atoms with Gasteiger partial charge in [0.05, 0.1) is 63.3 Å². The van der Waals surface area contributed by atoms with E-state index in [4.69, 9.17) is 27.3 Å². The SMILES string of the molecule is C=C(C)n1c(=O)n(Cc2nc3ccccc3n2CCC)c2cnccc21.CNC.N=C(N)c1ccc2nc(Cc3nc4ccc(C(=N)N)cc4[nH]3)[nH]c2c1. The number of nitrogens with two attached hydrogens (primary N) is 2. The molecule has 15 heteroatoms. The van der Waals surface area contributed by atoms with E-state index < -0.39 is 0 Å². The van der Waals surface area contributed by atoms with E-state index in [-0.39, 0.29) is 17.4 Å². The van der Waals surface area contributed by atoms with Gasteiger partial charge in [-0.25, -0.2) is 19.7 Å². The van der Waals surface area contributed by atoms with Gasteiger partial charge < -0.3 is 31.3 Å². The van der Waals surface area contributed by atoms with Crippen LogP contribution in [0, 0.1) is 10.8 Å². The predicted octanol–water partition coefficient (Wildman–Crippen LogP) is 4.93. The fraction of sp³-hybridized carbons (Fsp3) is 0.205. The molecule has 0 aliphatic rings. The Hall–Kier alpha value is -6.87. The minimum Gasteiger partial charge on any atom is -0.384 e. The molecule has 276 valence electrons. The van der Waals surface area contributed by atoms with E-state index in [1.54, 1.807) is 33.7 Å². The third-order valence-electron chi connectivity index (χ3n) is 8.61. The van der Waals surface area contributed by atoms with Crippen LogP contribution in [-0.2, 0) is 19.5 Å². The predicted molar refractivity (Wildman–Crippen MR) is 216 cm³/mol. The number of benzene rings is 3. The Kier molecular flexibility index (Phi) is 10.8.